The Bertz CT molecular complexity index is 746. The third-order valence-electron chi connectivity index (χ3n) is 4.30. The monoisotopic (exact) mass is 317 g/mol. The molecule has 0 saturated heterocycles. The average molecular weight is 318 g/mol. The molecule has 0 N–H and O–H groups in total. The molecule has 0 bridgehead atoms. The number of pyridine rings is 1. The van der Waals surface area contributed by atoms with Crippen LogP contribution in [-0.2, 0) is 11.8 Å². The number of ketones is 1. The van der Waals surface area contributed by atoms with Crippen LogP contribution in [0.3, 0.4) is 0 Å². The Morgan fingerprint density at radius 1 is 1.32 bits per heavy atom. The summed E-state index contributed by atoms with van der Waals surface area (Å²) in [6, 6.07) is 2.02. The molecule has 0 aromatic carbocycles. The number of carbonyl (C=O) groups is 1. The maximum absolute atomic E-state index is 13.1. The van der Waals surface area contributed by atoms with Crippen molar-refractivity contribution in [3.8, 4) is 6.01 Å². The fraction of sp³-hybridized carbons (Fsp3) is 0.375. The van der Waals surface area contributed by atoms with E-state index in [1.165, 1.54) is 7.11 Å². The van der Waals surface area contributed by atoms with E-state index in [0.717, 1.165) is 16.8 Å². The van der Waals surface area contributed by atoms with Crippen molar-refractivity contribution in [2.45, 2.75) is 32.1 Å². The van der Waals surface area contributed by atoms with Crippen LogP contribution >= 0.6 is 11.6 Å². The molecule has 2 heterocycles. The van der Waals surface area contributed by atoms with Gasteiger partial charge < -0.3 is 4.74 Å². The summed E-state index contributed by atoms with van der Waals surface area (Å²) in [6.07, 6.45) is 4.67. The number of ether oxygens (including phenoxy) is 1. The van der Waals surface area contributed by atoms with Crippen molar-refractivity contribution in [3.05, 3.63) is 46.0 Å². The van der Waals surface area contributed by atoms with E-state index in [2.05, 4.69) is 15.0 Å². The van der Waals surface area contributed by atoms with Crippen LogP contribution in [0.1, 0.15) is 40.5 Å². The lowest BCUT2D eigenvalue weighted by molar-refractivity contribution is 0.0872. The highest BCUT2D eigenvalue weighted by Gasteiger charge is 2.41. The Labute approximate surface area is 133 Å². The SMILES string of the molecule is COc1ncc(C2(C)CCc3nc(Cl)cc(C)c3C2=O)cn1. The molecule has 0 fully saturated rings. The molecule has 0 aliphatic heterocycles. The first kappa shape index (κ1) is 14.9. The van der Waals surface area contributed by atoms with Crippen molar-refractivity contribution < 1.29 is 9.53 Å². The minimum Gasteiger partial charge on any atom is -0.467 e. The highest BCUT2D eigenvalue weighted by molar-refractivity contribution is 6.29. The highest BCUT2D eigenvalue weighted by atomic mass is 35.5. The van der Waals surface area contributed by atoms with Gasteiger partial charge in [-0.05, 0) is 38.3 Å². The molecule has 0 amide bonds. The Hall–Kier alpha value is -2.01. The predicted molar refractivity (Wildman–Crippen MR) is 82.6 cm³/mol. The summed E-state index contributed by atoms with van der Waals surface area (Å²) < 4.78 is 4.97. The second-order valence-electron chi connectivity index (χ2n) is 5.70. The van der Waals surface area contributed by atoms with Gasteiger partial charge >= 0.3 is 6.01 Å². The molecule has 2 aromatic heterocycles. The zero-order valence-electron chi connectivity index (χ0n) is 12.7. The number of aryl methyl sites for hydroxylation is 2. The number of rotatable bonds is 2. The molecule has 0 spiro atoms. The van der Waals surface area contributed by atoms with Gasteiger partial charge in [0, 0.05) is 23.5 Å². The van der Waals surface area contributed by atoms with Crippen LogP contribution in [0.25, 0.3) is 0 Å². The van der Waals surface area contributed by atoms with Gasteiger partial charge in [0.25, 0.3) is 0 Å². The van der Waals surface area contributed by atoms with Crippen LogP contribution in [0.5, 0.6) is 6.01 Å². The number of hydrogen-bond donors (Lipinski definition) is 0. The molecule has 22 heavy (non-hydrogen) atoms. The standard InChI is InChI=1S/C16H16ClN3O2/c1-9-6-12(17)20-11-4-5-16(2,14(21)13(9)11)10-7-18-15(22-3)19-8-10/h6-8H,4-5H2,1-3H3. The van der Waals surface area contributed by atoms with E-state index >= 15 is 0 Å². The third kappa shape index (κ3) is 2.25. The molecule has 114 valence electrons. The van der Waals surface area contributed by atoms with Crippen molar-refractivity contribution >= 4 is 17.4 Å². The molecule has 1 unspecified atom stereocenters. The van der Waals surface area contributed by atoms with Crippen molar-refractivity contribution in [3.63, 3.8) is 0 Å². The van der Waals surface area contributed by atoms with Crippen molar-refractivity contribution in [1.29, 1.82) is 0 Å². The van der Waals surface area contributed by atoms with Crippen LogP contribution in [0.15, 0.2) is 18.5 Å². The molecule has 5 nitrogen and oxygen atoms in total. The number of carbonyl (C=O) groups excluding carboxylic acids is 1. The molecule has 0 saturated carbocycles. The van der Waals surface area contributed by atoms with Crippen LogP contribution in [0.4, 0.5) is 0 Å². The van der Waals surface area contributed by atoms with E-state index < -0.39 is 5.41 Å². The van der Waals surface area contributed by atoms with Crippen LogP contribution in [0.2, 0.25) is 5.15 Å². The lowest BCUT2D eigenvalue weighted by atomic mass is 9.69. The molecule has 2 aromatic rings. The second-order valence-corrected chi connectivity index (χ2v) is 6.09. The molecule has 1 aliphatic rings. The summed E-state index contributed by atoms with van der Waals surface area (Å²) in [4.78, 5) is 25.6. The summed E-state index contributed by atoms with van der Waals surface area (Å²) in [7, 11) is 1.51. The highest BCUT2D eigenvalue weighted by Crippen LogP contribution is 2.39. The van der Waals surface area contributed by atoms with Gasteiger partial charge in [0.05, 0.1) is 18.2 Å². The summed E-state index contributed by atoms with van der Waals surface area (Å²) in [5.74, 6) is 0.0455. The van der Waals surface area contributed by atoms with Crippen LogP contribution < -0.4 is 4.74 Å². The van der Waals surface area contributed by atoms with E-state index in [1.807, 2.05) is 13.8 Å². The molecule has 0 radical (unpaired) electrons. The van der Waals surface area contributed by atoms with Gasteiger partial charge in [-0.3, -0.25) is 4.79 Å². The number of fused-ring (bicyclic) bond motifs is 1. The molecule has 3 rings (SSSR count). The van der Waals surface area contributed by atoms with Gasteiger partial charge in [-0.2, -0.15) is 0 Å². The Balaban J connectivity index is 2.07. The summed E-state index contributed by atoms with van der Waals surface area (Å²) in [5.41, 5.74) is 2.45. The molecule has 1 atom stereocenters. The average Bonchev–Trinajstić information content (AvgIpc) is 2.50. The van der Waals surface area contributed by atoms with Gasteiger partial charge in [0.15, 0.2) is 5.78 Å². The summed E-state index contributed by atoms with van der Waals surface area (Å²) in [6.45, 7) is 3.82. The molecule has 6 heteroatoms. The van der Waals surface area contributed by atoms with E-state index in [1.54, 1.807) is 18.5 Å². The molecule has 1 aliphatic carbocycles. The minimum atomic E-state index is -0.653. The Morgan fingerprint density at radius 2 is 2.00 bits per heavy atom. The smallest absolute Gasteiger partial charge is 0.316 e. The normalized spacial score (nSPS) is 20.6. The lowest BCUT2D eigenvalue weighted by Gasteiger charge is -2.33. The summed E-state index contributed by atoms with van der Waals surface area (Å²) in [5, 5.41) is 0.431. The first-order chi connectivity index (χ1) is 10.5. The van der Waals surface area contributed by atoms with Crippen molar-refractivity contribution in [1.82, 2.24) is 15.0 Å². The predicted octanol–water partition coefficient (Wildman–Crippen LogP) is 2.93. The van der Waals surface area contributed by atoms with Crippen LogP contribution in [0, 0.1) is 6.92 Å². The fourth-order valence-electron chi connectivity index (χ4n) is 2.93. The number of nitrogens with zero attached hydrogens (tertiary/aromatic N) is 3. The van der Waals surface area contributed by atoms with E-state index in [-0.39, 0.29) is 5.78 Å². The van der Waals surface area contributed by atoms with Gasteiger partial charge in [-0.1, -0.05) is 11.6 Å². The lowest BCUT2D eigenvalue weighted by Crippen LogP contribution is -2.38. The van der Waals surface area contributed by atoms with E-state index in [9.17, 15) is 4.79 Å². The summed E-state index contributed by atoms with van der Waals surface area (Å²) >= 11 is 5.99. The van der Waals surface area contributed by atoms with Gasteiger partial charge in [-0.25, -0.2) is 15.0 Å². The largest absolute Gasteiger partial charge is 0.467 e. The third-order valence-corrected chi connectivity index (χ3v) is 4.49. The first-order valence-electron chi connectivity index (χ1n) is 7.03. The fourth-order valence-corrected chi connectivity index (χ4v) is 3.19. The second kappa shape index (κ2) is 5.32. The van der Waals surface area contributed by atoms with Crippen LogP contribution in [-0.4, -0.2) is 27.8 Å². The maximum Gasteiger partial charge on any atom is 0.316 e. The number of methoxy groups -OCH3 is 1. The number of hydrogen-bond acceptors (Lipinski definition) is 5. The van der Waals surface area contributed by atoms with Gasteiger partial charge in [0.2, 0.25) is 0 Å². The molecular formula is C16H16ClN3O2. The van der Waals surface area contributed by atoms with Gasteiger partial charge in [0.1, 0.15) is 5.15 Å². The van der Waals surface area contributed by atoms with Crippen molar-refractivity contribution in [2.24, 2.45) is 0 Å². The topological polar surface area (TPSA) is 65.0 Å². The van der Waals surface area contributed by atoms with E-state index in [4.69, 9.17) is 16.3 Å². The quantitative estimate of drug-likeness (QED) is 0.797. The minimum absolute atomic E-state index is 0.0455. The Kier molecular flexibility index (Phi) is 3.60. The zero-order valence-corrected chi connectivity index (χ0v) is 13.4. The number of Topliss-reactive ketones (excluding diaryl/α,β-unsaturated/α-hetero) is 1. The number of aromatic nitrogens is 3. The Morgan fingerprint density at radius 3 is 2.64 bits per heavy atom. The zero-order chi connectivity index (χ0) is 15.9. The van der Waals surface area contributed by atoms with Crippen molar-refractivity contribution in [2.75, 3.05) is 7.11 Å². The van der Waals surface area contributed by atoms with E-state index in [0.29, 0.717) is 29.6 Å². The maximum atomic E-state index is 13.1. The van der Waals surface area contributed by atoms with Gasteiger partial charge in [-0.15, -0.1) is 0 Å². The molecular weight excluding hydrogens is 302 g/mol. The number of halogens is 1. The first-order valence-corrected chi connectivity index (χ1v) is 7.41.